The van der Waals surface area contributed by atoms with Gasteiger partial charge >= 0.3 is 0 Å². The Hall–Kier alpha value is -1.03. The first-order valence-electron chi connectivity index (χ1n) is 5.85. The zero-order valence-electron chi connectivity index (χ0n) is 10.7. The van der Waals surface area contributed by atoms with Crippen LogP contribution in [0.5, 0.6) is 0 Å². The molecule has 0 saturated heterocycles. The van der Waals surface area contributed by atoms with Crippen molar-refractivity contribution in [1.29, 1.82) is 0 Å². The van der Waals surface area contributed by atoms with Crippen LogP contribution in [0.2, 0.25) is 0 Å². The highest BCUT2D eigenvalue weighted by molar-refractivity contribution is 6.18. The zero-order chi connectivity index (χ0) is 12.9. The van der Waals surface area contributed by atoms with E-state index in [1.165, 1.54) is 0 Å². The minimum absolute atomic E-state index is 0.0545. The van der Waals surface area contributed by atoms with Crippen molar-refractivity contribution in [2.75, 3.05) is 17.7 Å². The molecule has 0 aliphatic rings. The normalized spacial score (nSPS) is 11.5. The van der Waals surface area contributed by atoms with Crippen LogP contribution in [0, 0.1) is 5.41 Å². The van der Waals surface area contributed by atoms with Crippen molar-refractivity contribution in [1.82, 2.24) is 9.55 Å². The Morgan fingerprint density at radius 2 is 2.24 bits per heavy atom. The Labute approximate surface area is 107 Å². The molecule has 0 aliphatic heterocycles. The second-order valence-electron chi connectivity index (χ2n) is 4.93. The Morgan fingerprint density at radius 3 is 2.82 bits per heavy atom. The summed E-state index contributed by atoms with van der Waals surface area (Å²) in [7, 11) is 0. The minimum atomic E-state index is -0.0697. The highest BCUT2D eigenvalue weighted by Gasteiger charge is 2.17. The third-order valence-electron chi connectivity index (χ3n) is 2.47. The minimum Gasteiger partial charge on any atom is -0.365 e. The van der Waals surface area contributed by atoms with Gasteiger partial charge < -0.3 is 9.88 Å². The topological polar surface area (TPSA) is 46.9 Å². The number of nitrogens with one attached hydrogen (secondary N) is 1. The SMILES string of the molecule is CCCn1ccnc(NCC(C)(C)CCl)c1=O. The van der Waals surface area contributed by atoms with Crippen LogP contribution in [0.1, 0.15) is 27.2 Å². The van der Waals surface area contributed by atoms with Gasteiger partial charge in [0.1, 0.15) is 0 Å². The molecule has 1 N–H and O–H groups in total. The largest absolute Gasteiger partial charge is 0.365 e. The summed E-state index contributed by atoms with van der Waals surface area (Å²) in [6, 6.07) is 0. The van der Waals surface area contributed by atoms with Crippen molar-refractivity contribution in [3.05, 3.63) is 22.7 Å². The predicted molar refractivity (Wildman–Crippen MR) is 71.8 cm³/mol. The molecule has 96 valence electrons. The summed E-state index contributed by atoms with van der Waals surface area (Å²) < 4.78 is 1.67. The van der Waals surface area contributed by atoms with Crippen molar-refractivity contribution >= 4 is 17.4 Å². The Balaban J connectivity index is 2.79. The number of rotatable bonds is 6. The monoisotopic (exact) mass is 257 g/mol. The van der Waals surface area contributed by atoms with E-state index in [-0.39, 0.29) is 11.0 Å². The molecule has 4 nitrogen and oxygen atoms in total. The molecular formula is C12H20ClN3O. The standard InChI is InChI=1S/C12H20ClN3O/c1-4-6-16-7-5-14-10(11(16)17)15-9-12(2,3)8-13/h5,7H,4,6,8-9H2,1-3H3,(H,14,15). The van der Waals surface area contributed by atoms with E-state index in [9.17, 15) is 4.79 Å². The predicted octanol–water partition coefficient (Wildman–Crippen LogP) is 2.33. The van der Waals surface area contributed by atoms with Gasteiger partial charge in [-0.3, -0.25) is 4.79 Å². The van der Waals surface area contributed by atoms with Crippen LogP contribution < -0.4 is 10.9 Å². The molecular weight excluding hydrogens is 238 g/mol. The lowest BCUT2D eigenvalue weighted by molar-refractivity contribution is 0.449. The van der Waals surface area contributed by atoms with Gasteiger partial charge in [0.25, 0.3) is 5.56 Å². The van der Waals surface area contributed by atoms with E-state index < -0.39 is 0 Å². The number of anilines is 1. The van der Waals surface area contributed by atoms with Gasteiger partial charge in [-0.25, -0.2) is 4.98 Å². The molecule has 0 atom stereocenters. The summed E-state index contributed by atoms with van der Waals surface area (Å²) in [6.45, 7) is 7.47. The molecule has 1 aromatic rings. The number of halogens is 1. The lowest BCUT2D eigenvalue weighted by Crippen LogP contribution is -2.30. The molecule has 0 bridgehead atoms. The summed E-state index contributed by atoms with van der Waals surface area (Å²) in [5.41, 5.74) is -0.124. The fourth-order valence-electron chi connectivity index (χ4n) is 1.36. The maximum Gasteiger partial charge on any atom is 0.293 e. The van der Waals surface area contributed by atoms with Gasteiger partial charge in [0.2, 0.25) is 0 Å². The molecule has 5 heteroatoms. The zero-order valence-corrected chi connectivity index (χ0v) is 11.4. The average molecular weight is 258 g/mol. The molecule has 0 spiro atoms. The fraction of sp³-hybridized carbons (Fsp3) is 0.667. The number of alkyl halides is 1. The van der Waals surface area contributed by atoms with Crippen molar-refractivity contribution < 1.29 is 0 Å². The van der Waals surface area contributed by atoms with E-state index >= 15 is 0 Å². The molecule has 0 saturated carbocycles. The molecule has 0 aromatic carbocycles. The van der Waals surface area contributed by atoms with Gasteiger partial charge in [-0.05, 0) is 11.8 Å². The van der Waals surface area contributed by atoms with Crippen molar-refractivity contribution in [3.63, 3.8) is 0 Å². The lowest BCUT2D eigenvalue weighted by Gasteiger charge is -2.21. The van der Waals surface area contributed by atoms with Crippen LogP contribution in [0.3, 0.4) is 0 Å². The molecule has 0 unspecified atom stereocenters. The Bertz CT molecular complexity index is 414. The lowest BCUT2D eigenvalue weighted by atomic mass is 9.97. The molecule has 1 aromatic heterocycles. The second kappa shape index (κ2) is 6.05. The van der Waals surface area contributed by atoms with E-state index in [0.29, 0.717) is 18.2 Å². The van der Waals surface area contributed by atoms with Crippen LogP contribution in [0.15, 0.2) is 17.2 Å². The average Bonchev–Trinajstić information content (AvgIpc) is 2.31. The molecule has 0 aliphatic carbocycles. The first-order chi connectivity index (χ1) is 8.00. The molecule has 0 radical (unpaired) electrons. The van der Waals surface area contributed by atoms with Crippen LogP contribution in [-0.4, -0.2) is 22.0 Å². The van der Waals surface area contributed by atoms with Gasteiger partial charge in [0.15, 0.2) is 5.82 Å². The van der Waals surface area contributed by atoms with E-state index in [1.807, 2.05) is 20.8 Å². The maximum absolute atomic E-state index is 12.0. The van der Waals surface area contributed by atoms with Crippen LogP contribution in [0.25, 0.3) is 0 Å². The number of hydrogen-bond donors (Lipinski definition) is 1. The highest BCUT2D eigenvalue weighted by Crippen LogP contribution is 2.16. The molecule has 1 heterocycles. The van der Waals surface area contributed by atoms with Crippen LogP contribution in [-0.2, 0) is 6.54 Å². The summed E-state index contributed by atoms with van der Waals surface area (Å²) in [5, 5.41) is 3.07. The Kier molecular flexibility index (Phi) is 5.00. The summed E-state index contributed by atoms with van der Waals surface area (Å²) in [6.07, 6.45) is 4.29. The van der Waals surface area contributed by atoms with Gasteiger partial charge in [0, 0.05) is 31.4 Å². The second-order valence-corrected chi connectivity index (χ2v) is 5.19. The number of aromatic nitrogens is 2. The highest BCUT2D eigenvalue weighted by atomic mass is 35.5. The van der Waals surface area contributed by atoms with E-state index in [4.69, 9.17) is 11.6 Å². The molecule has 0 fully saturated rings. The molecule has 0 amide bonds. The number of nitrogens with zero attached hydrogens (tertiary/aromatic N) is 2. The molecule has 17 heavy (non-hydrogen) atoms. The van der Waals surface area contributed by atoms with E-state index in [0.717, 1.165) is 13.0 Å². The van der Waals surface area contributed by atoms with Crippen molar-refractivity contribution in [2.45, 2.75) is 33.7 Å². The van der Waals surface area contributed by atoms with Gasteiger partial charge in [-0.1, -0.05) is 20.8 Å². The number of aryl methyl sites for hydroxylation is 1. The maximum atomic E-state index is 12.0. The third kappa shape index (κ3) is 4.04. The van der Waals surface area contributed by atoms with Crippen LogP contribution >= 0.6 is 11.6 Å². The number of hydrogen-bond acceptors (Lipinski definition) is 3. The van der Waals surface area contributed by atoms with E-state index in [2.05, 4.69) is 10.3 Å². The fourth-order valence-corrected chi connectivity index (χ4v) is 1.45. The molecule has 1 rings (SSSR count). The van der Waals surface area contributed by atoms with E-state index in [1.54, 1.807) is 17.0 Å². The first kappa shape index (κ1) is 14.0. The Morgan fingerprint density at radius 1 is 1.53 bits per heavy atom. The van der Waals surface area contributed by atoms with Gasteiger partial charge in [0.05, 0.1) is 0 Å². The quantitative estimate of drug-likeness (QED) is 0.796. The van der Waals surface area contributed by atoms with Gasteiger partial charge in [-0.15, -0.1) is 11.6 Å². The summed E-state index contributed by atoms with van der Waals surface area (Å²) in [4.78, 5) is 16.0. The van der Waals surface area contributed by atoms with Gasteiger partial charge in [-0.2, -0.15) is 0 Å². The van der Waals surface area contributed by atoms with Crippen molar-refractivity contribution in [2.24, 2.45) is 5.41 Å². The summed E-state index contributed by atoms with van der Waals surface area (Å²) in [5.74, 6) is 0.940. The van der Waals surface area contributed by atoms with Crippen LogP contribution in [0.4, 0.5) is 5.82 Å². The smallest absolute Gasteiger partial charge is 0.293 e. The summed E-state index contributed by atoms with van der Waals surface area (Å²) >= 11 is 5.84. The third-order valence-corrected chi connectivity index (χ3v) is 3.20. The van der Waals surface area contributed by atoms with Crippen molar-refractivity contribution in [3.8, 4) is 0 Å². The first-order valence-corrected chi connectivity index (χ1v) is 6.39.